The molecular weight excluding hydrogens is 380 g/mol. The topological polar surface area (TPSA) is 42.8 Å². The molecule has 1 aliphatic heterocycles. The fraction of sp³-hybridized carbons (Fsp3) is 0.292. The molecule has 4 rings (SSSR count). The highest BCUT2D eigenvalue weighted by atomic mass is 32.1. The molecule has 0 radical (unpaired) electrons. The molecule has 1 amide bonds. The Morgan fingerprint density at radius 1 is 0.966 bits per heavy atom. The number of benzene rings is 2. The summed E-state index contributed by atoms with van der Waals surface area (Å²) in [5.74, 6) is 1.47. The molecule has 0 spiro atoms. The largest absolute Gasteiger partial charge is 0.457 e. The Labute approximate surface area is 176 Å². The lowest BCUT2D eigenvalue weighted by atomic mass is 10.1. The molecular formula is C24H27N2O2S+. The van der Waals surface area contributed by atoms with E-state index in [1.165, 1.54) is 30.8 Å². The monoisotopic (exact) mass is 407 g/mol. The van der Waals surface area contributed by atoms with Crippen LogP contribution in [0.3, 0.4) is 0 Å². The smallest absolute Gasteiger partial charge is 0.251 e. The zero-order chi connectivity index (χ0) is 20.1. The molecule has 0 aliphatic carbocycles. The average molecular weight is 408 g/mol. The number of quaternary nitrogens is 1. The van der Waals surface area contributed by atoms with Crippen LogP contribution in [-0.4, -0.2) is 25.0 Å². The number of hydrogen-bond donors (Lipinski definition) is 2. The van der Waals surface area contributed by atoms with Gasteiger partial charge in [0.2, 0.25) is 0 Å². The molecule has 2 atom stereocenters. The lowest BCUT2D eigenvalue weighted by Gasteiger charge is -2.29. The number of thiophene rings is 1. The summed E-state index contributed by atoms with van der Waals surface area (Å²) in [7, 11) is 0. The highest BCUT2D eigenvalue weighted by Gasteiger charge is 2.33. The minimum Gasteiger partial charge on any atom is -0.457 e. The first-order valence-corrected chi connectivity index (χ1v) is 11.1. The molecule has 5 heteroatoms. The van der Waals surface area contributed by atoms with E-state index in [4.69, 9.17) is 4.74 Å². The average Bonchev–Trinajstić information content (AvgIpc) is 3.44. The molecule has 1 saturated heterocycles. The van der Waals surface area contributed by atoms with Crippen molar-refractivity contribution in [2.45, 2.75) is 31.8 Å². The Morgan fingerprint density at radius 2 is 1.66 bits per heavy atom. The first-order chi connectivity index (χ1) is 14.2. The highest BCUT2D eigenvalue weighted by molar-refractivity contribution is 7.10. The van der Waals surface area contributed by atoms with Gasteiger partial charge < -0.3 is 15.0 Å². The first kappa shape index (κ1) is 19.7. The molecule has 3 aromatic rings. The minimum atomic E-state index is -0.0380. The van der Waals surface area contributed by atoms with Crippen molar-refractivity contribution in [1.29, 1.82) is 0 Å². The van der Waals surface area contributed by atoms with Crippen molar-refractivity contribution in [3.8, 4) is 11.5 Å². The van der Waals surface area contributed by atoms with Gasteiger partial charge in [-0.15, -0.1) is 11.3 Å². The Hall–Kier alpha value is -2.63. The Bertz CT molecular complexity index is 904. The zero-order valence-corrected chi connectivity index (χ0v) is 17.5. The maximum absolute atomic E-state index is 12.9. The summed E-state index contributed by atoms with van der Waals surface area (Å²) < 4.78 is 5.82. The summed E-state index contributed by atoms with van der Waals surface area (Å²) in [6, 6.07) is 21.6. The van der Waals surface area contributed by atoms with Crippen molar-refractivity contribution in [2.75, 3.05) is 13.1 Å². The summed E-state index contributed by atoms with van der Waals surface area (Å²) in [4.78, 5) is 15.8. The quantitative estimate of drug-likeness (QED) is 0.620. The molecule has 2 N–H and O–H groups in total. The van der Waals surface area contributed by atoms with Gasteiger partial charge in [-0.05, 0) is 54.8 Å². The van der Waals surface area contributed by atoms with Gasteiger partial charge in [-0.1, -0.05) is 24.3 Å². The molecule has 0 unspecified atom stereocenters. The number of likely N-dealkylation sites (tertiary alicyclic amines) is 1. The fourth-order valence-electron chi connectivity index (χ4n) is 4.08. The molecule has 150 valence electrons. The van der Waals surface area contributed by atoms with E-state index >= 15 is 0 Å². The third-order valence-corrected chi connectivity index (χ3v) is 6.44. The number of para-hydroxylation sites is 1. The number of hydrogen-bond acceptors (Lipinski definition) is 3. The van der Waals surface area contributed by atoms with E-state index in [-0.39, 0.29) is 11.9 Å². The van der Waals surface area contributed by atoms with Crippen molar-refractivity contribution in [1.82, 2.24) is 5.32 Å². The zero-order valence-electron chi connectivity index (χ0n) is 16.6. The molecule has 1 aliphatic rings. The standard InChI is InChI=1S/C24H26N2O2S/c1-18(23(22-10-7-17-29-22)26-15-5-6-16-26)25-24(27)19-11-13-21(14-12-19)28-20-8-3-2-4-9-20/h2-4,7-14,17-18,23H,5-6,15-16H2,1H3,(H,25,27)/p+1/t18-,23-/m1/s1. The predicted molar refractivity (Wildman–Crippen MR) is 117 cm³/mol. The van der Waals surface area contributed by atoms with Crippen LogP contribution in [0.4, 0.5) is 0 Å². The predicted octanol–water partition coefficient (Wildman–Crippen LogP) is 4.08. The van der Waals surface area contributed by atoms with Gasteiger partial charge in [-0.25, -0.2) is 0 Å². The number of ether oxygens (including phenoxy) is 1. The molecule has 29 heavy (non-hydrogen) atoms. The minimum absolute atomic E-state index is 0.0380. The number of nitrogens with one attached hydrogen (secondary N) is 2. The lowest BCUT2D eigenvalue weighted by molar-refractivity contribution is -0.920. The summed E-state index contributed by atoms with van der Waals surface area (Å²) in [5, 5.41) is 5.36. The molecule has 2 aromatic carbocycles. The van der Waals surface area contributed by atoms with Crippen molar-refractivity contribution in [2.24, 2.45) is 0 Å². The van der Waals surface area contributed by atoms with Crippen LogP contribution in [0.5, 0.6) is 11.5 Å². The van der Waals surface area contributed by atoms with Crippen molar-refractivity contribution < 1.29 is 14.4 Å². The van der Waals surface area contributed by atoms with Gasteiger partial charge in [0.15, 0.2) is 0 Å². The van der Waals surface area contributed by atoms with Crippen molar-refractivity contribution in [3.05, 3.63) is 82.6 Å². The van der Waals surface area contributed by atoms with E-state index < -0.39 is 0 Å². The molecule has 0 saturated carbocycles. The van der Waals surface area contributed by atoms with Gasteiger partial charge in [0.05, 0.1) is 24.0 Å². The third kappa shape index (κ3) is 4.86. The Balaban J connectivity index is 1.42. The van der Waals surface area contributed by atoms with Crippen LogP contribution in [0.2, 0.25) is 0 Å². The fourth-order valence-corrected chi connectivity index (χ4v) is 5.07. The van der Waals surface area contributed by atoms with Gasteiger partial charge in [0, 0.05) is 18.4 Å². The van der Waals surface area contributed by atoms with Crippen LogP contribution < -0.4 is 15.0 Å². The van der Waals surface area contributed by atoms with Gasteiger partial charge >= 0.3 is 0 Å². The maximum atomic E-state index is 12.9. The van der Waals surface area contributed by atoms with Gasteiger partial charge in [-0.3, -0.25) is 4.79 Å². The van der Waals surface area contributed by atoms with E-state index in [0.717, 1.165) is 11.5 Å². The van der Waals surface area contributed by atoms with Gasteiger partial charge in [0.1, 0.15) is 17.5 Å². The summed E-state index contributed by atoms with van der Waals surface area (Å²) >= 11 is 1.78. The van der Waals surface area contributed by atoms with Crippen LogP contribution in [0.1, 0.15) is 41.0 Å². The van der Waals surface area contributed by atoms with Gasteiger partial charge in [0.25, 0.3) is 5.91 Å². The summed E-state index contributed by atoms with van der Waals surface area (Å²) in [5.41, 5.74) is 0.651. The van der Waals surface area contributed by atoms with Crippen LogP contribution in [-0.2, 0) is 0 Å². The van der Waals surface area contributed by atoms with Crippen molar-refractivity contribution in [3.63, 3.8) is 0 Å². The SMILES string of the molecule is C[C@@H](NC(=O)c1ccc(Oc2ccccc2)cc1)[C@H](c1cccs1)[NH+]1CCCC1. The van der Waals surface area contributed by atoms with E-state index in [2.05, 4.69) is 29.8 Å². The second-order valence-corrected chi connectivity index (χ2v) is 8.54. The molecule has 0 bridgehead atoms. The Morgan fingerprint density at radius 3 is 2.31 bits per heavy atom. The van der Waals surface area contributed by atoms with E-state index in [0.29, 0.717) is 11.6 Å². The molecule has 1 aromatic heterocycles. The molecule has 4 nitrogen and oxygen atoms in total. The second-order valence-electron chi connectivity index (χ2n) is 7.56. The first-order valence-electron chi connectivity index (χ1n) is 10.2. The van der Waals surface area contributed by atoms with Gasteiger partial charge in [-0.2, -0.15) is 0 Å². The van der Waals surface area contributed by atoms with Crippen LogP contribution in [0.15, 0.2) is 72.1 Å². The van der Waals surface area contributed by atoms with Crippen LogP contribution >= 0.6 is 11.3 Å². The Kier molecular flexibility index (Phi) is 6.27. The number of carbonyl (C=O) groups excluding carboxylic acids is 1. The van der Waals surface area contributed by atoms with Crippen LogP contribution in [0, 0.1) is 0 Å². The van der Waals surface area contributed by atoms with Crippen molar-refractivity contribution >= 4 is 17.2 Å². The lowest BCUT2D eigenvalue weighted by Crippen LogP contribution is -3.11. The summed E-state index contributed by atoms with van der Waals surface area (Å²) in [6.07, 6.45) is 2.53. The van der Waals surface area contributed by atoms with Crippen LogP contribution in [0.25, 0.3) is 0 Å². The third-order valence-electron chi connectivity index (χ3n) is 5.49. The highest BCUT2D eigenvalue weighted by Crippen LogP contribution is 2.23. The molecule has 1 fully saturated rings. The molecule has 2 heterocycles. The van der Waals surface area contributed by atoms with E-state index in [1.54, 1.807) is 16.2 Å². The number of carbonyl (C=O) groups is 1. The summed E-state index contributed by atoms with van der Waals surface area (Å²) in [6.45, 7) is 4.48. The number of amides is 1. The van der Waals surface area contributed by atoms with E-state index in [1.807, 2.05) is 54.6 Å². The second kappa shape index (κ2) is 9.25. The maximum Gasteiger partial charge on any atom is 0.251 e. The number of rotatable bonds is 7. The normalized spacial score (nSPS) is 16.3. The van der Waals surface area contributed by atoms with E-state index in [9.17, 15) is 4.79 Å².